The summed E-state index contributed by atoms with van der Waals surface area (Å²) in [5.41, 5.74) is 8.51. The number of aromatic nitrogens is 1. The third-order valence-electron chi connectivity index (χ3n) is 4.79. The van der Waals surface area contributed by atoms with Gasteiger partial charge in [0.15, 0.2) is 0 Å². The van der Waals surface area contributed by atoms with Crippen molar-refractivity contribution >= 4 is 18.0 Å². The highest BCUT2D eigenvalue weighted by molar-refractivity contribution is 7.71. The number of nitrogen functional groups attached to an aromatic ring is 1. The molecule has 1 aromatic heterocycles. The molecule has 132 valence electrons. The molecule has 1 aliphatic rings. The van der Waals surface area contributed by atoms with Crippen LogP contribution in [0, 0.1) is 16.0 Å². The average Bonchev–Trinajstić information content (AvgIpc) is 2.54. The molecule has 0 aromatic carbocycles. The van der Waals surface area contributed by atoms with Crippen LogP contribution in [0.3, 0.4) is 0 Å². The molecule has 2 N–H and O–H groups in total. The van der Waals surface area contributed by atoms with Gasteiger partial charge in [0.05, 0.1) is 17.8 Å². The summed E-state index contributed by atoms with van der Waals surface area (Å²) in [7, 11) is 0. The lowest BCUT2D eigenvalue weighted by atomic mass is 9.89. The van der Waals surface area contributed by atoms with Gasteiger partial charge >= 0.3 is 0 Å². The minimum atomic E-state index is -0.290. The molecular weight excluding hydrogens is 320 g/mol. The summed E-state index contributed by atoms with van der Waals surface area (Å²) in [6.07, 6.45) is 1.62. The SMILES string of the molecule is CCN(CC)CCCn1c(N)c(C#N)c2c(c1=S)COC(C)(C)C2. The van der Waals surface area contributed by atoms with Crippen molar-refractivity contribution in [3.63, 3.8) is 0 Å². The Labute approximate surface area is 150 Å². The van der Waals surface area contributed by atoms with Gasteiger partial charge in [-0.3, -0.25) is 0 Å². The molecule has 0 unspecified atom stereocenters. The number of fused-ring (bicyclic) bond motifs is 1. The first-order valence-electron chi connectivity index (χ1n) is 8.65. The minimum absolute atomic E-state index is 0.290. The molecule has 0 saturated carbocycles. The van der Waals surface area contributed by atoms with E-state index >= 15 is 0 Å². The quantitative estimate of drug-likeness (QED) is 0.799. The molecule has 2 heterocycles. The van der Waals surface area contributed by atoms with Crippen LogP contribution in [0.15, 0.2) is 0 Å². The maximum Gasteiger partial charge on any atom is 0.122 e. The van der Waals surface area contributed by atoms with Gasteiger partial charge in [-0.1, -0.05) is 26.1 Å². The molecule has 0 amide bonds. The molecule has 0 atom stereocenters. The van der Waals surface area contributed by atoms with Gasteiger partial charge in [0.1, 0.15) is 16.5 Å². The fourth-order valence-electron chi connectivity index (χ4n) is 3.27. The molecule has 0 saturated heterocycles. The zero-order valence-electron chi connectivity index (χ0n) is 15.2. The predicted molar refractivity (Wildman–Crippen MR) is 99.4 cm³/mol. The lowest BCUT2D eigenvalue weighted by Gasteiger charge is -2.33. The smallest absolute Gasteiger partial charge is 0.122 e. The van der Waals surface area contributed by atoms with E-state index in [0.717, 1.165) is 48.4 Å². The second kappa shape index (κ2) is 7.64. The number of hydrogen-bond acceptors (Lipinski definition) is 5. The molecule has 1 aromatic rings. The molecule has 24 heavy (non-hydrogen) atoms. The molecule has 5 nitrogen and oxygen atoms in total. The van der Waals surface area contributed by atoms with Crippen molar-refractivity contribution in [2.24, 2.45) is 0 Å². The van der Waals surface area contributed by atoms with Gasteiger partial charge in [0.25, 0.3) is 0 Å². The molecule has 0 bridgehead atoms. The maximum atomic E-state index is 9.62. The molecular formula is C18H28N4OS. The summed E-state index contributed by atoms with van der Waals surface area (Å²) in [4.78, 5) is 2.37. The summed E-state index contributed by atoms with van der Waals surface area (Å²) in [5, 5.41) is 9.62. The van der Waals surface area contributed by atoms with Gasteiger partial charge in [0.2, 0.25) is 0 Å². The largest absolute Gasteiger partial charge is 0.384 e. The summed E-state index contributed by atoms with van der Waals surface area (Å²) >= 11 is 5.66. The zero-order chi connectivity index (χ0) is 17.9. The number of anilines is 1. The van der Waals surface area contributed by atoms with Crippen LogP contribution in [0.4, 0.5) is 5.82 Å². The van der Waals surface area contributed by atoms with E-state index < -0.39 is 0 Å². The Kier molecular flexibility index (Phi) is 6.02. The van der Waals surface area contributed by atoms with Crippen LogP contribution in [0.2, 0.25) is 0 Å². The average molecular weight is 349 g/mol. The van der Waals surface area contributed by atoms with Gasteiger partial charge in [-0.25, -0.2) is 0 Å². The first kappa shape index (κ1) is 18.9. The normalized spacial score (nSPS) is 16.0. The summed E-state index contributed by atoms with van der Waals surface area (Å²) in [5.74, 6) is 0.499. The minimum Gasteiger partial charge on any atom is -0.384 e. The number of hydrogen-bond donors (Lipinski definition) is 1. The number of nitrogens with two attached hydrogens (primary N) is 1. The first-order chi connectivity index (χ1) is 11.3. The third kappa shape index (κ3) is 3.80. The van der Waals surface area contributed by atoms with Crippen molar-refractivity contribution in [3.8, 4) is 6.07 Å². The highest BCUT2D eigenvalue weighted by atomic mass is 32.1. The third-order valence-corrected chi connectivity index (χ3v) is 5.26. The second-order valence-corrected chi connectivity index (χ2v) is 7.28. The van der Waals surface area contributed by atoms with Crippen molar-refractivity contribution in [1.82, 2.24) is 9.47 Å². The van der Waals surface area contributed by atoms with Crippen molar-refractivity contribution in [1.29, 1.82) is 5.26 Å². The van der Waals surface area contributed by atoms with E-state index in [9.17, 15) is 5.26 Å². The van der Waals surface area contributed by atoms with Crippen LogP contribution < -0.4 is 5.73 Å². The van der Waals surface area contributed by atoms with E-state index in [4.69, 9.17) is 22.7 Å². The standard InChI is InChI=1S/C18H28N4OS/c1-5-21(6-2)8-7-9-22-16(20)14(11-19)13-10-18(3,4)23-12-15(13)17(22)24/h5-10,12,20H2,1-4H3. The first-order valence-corrected chi connectivity index (χ1v) is 9.05. The van der Waals surface area contributed by atoms with Crippen LogP contribution in [0.25, 0.3) is 0 Å². The zero-order valence-corrected chi connectivity index (χ0v) is 16.0. The van der Waals surface area contributed by atoms with E-state index in [0.29, 0.717) is 24.4 Å². The lowest BCUT2D eigenvalue weighted by Crippen LogP contribution is -2.34. The molecule has 0 fully saturated rings. The molecule has 1 aliphatic heterocycles. The molecule has 0 spiro atoms. The van der Waals surface area contributed by atoms with Crippen LogP contribution >= 0.6 is 12.2 Å². The van der Waals surface area contributed by atoms with Crippen LogP contribution in [-0.4, -0.2) is 34.7 Å². The number of nitriles is 1. The summed E-state index contributed by atoms with van der Waals surface area (Å²) in [6.45, 7) is 12.6. The Morgan fingerprint density at radius 3 is 2.58 bits per heavy atom. The Hall–Kier alpha value is -1.42. The van der Waals surface area contributed by atoms with Crippen LogP contribution in [-0.2, 0) is 24.3 Å². The summed E-state index contributed by atoms with van der Waals surface area (Å²) in [6, 6.07) is 2.29. The van der Waals surface area contributed by atoms with Crippen molar-refractivity contribution < 1.29 is 4.74 Å². The van der Waals surface area contributed by atoms with Gasteiger partial charge in [-0.15, -0.1) is 0 Å². The van der Waals surface area contributed by atoms with Gasteiger partial charge in [-0.2, -0.15) is 5.26 Å². The second-order valence-electron chi connectivity index (χ2n) is 6.89. The maximum absolute atomic E-state index is 9.62. The Bertz CT molecular complexity index is 698. The van der Waals surface area contributed by atoms with Crippen molar-refractivity contribution in [3.05, 3.63) is 21.3 Å². The monoisotopic (exact) mass is 348 g/mol. The van der Waals surface area contributed by atoms with Gasteiger partial charge in [-0.05, 0) is 45.5 Å². The highest BCUT2D eigenvalue weighted by Crippen LogP contribution is 2.33. The van der Waals surface area contributed by atoms with Crippen molar-refractivity contribution in [2.75, 3.05) is 25.4 Å². The number of nitrogens with zero attached hydrogens (tertiary/aromatic N) is 3. The predicted octanol–water partition coefficient (Wildman–Crippen LogP) is 3.25. The van der Waals surface area contributed by atoms with Crippen LogP contribution in [0.5, 0.6) is 0 Å². The number of pyridine rings is 1. The Morgan fingerprint density at radius 2 is 2.00 bits per heavy atom. The van der Waals surface area contributed by atoms with E-state index in [1.54, 1.807) is 0 Å². The molecule has 2 rings (SSSR count). The van der Waals surface area contributed by atoms with Gasteiger partial charge < -0.3 is 19.9 Å². The van der Waals surface area contributed by atoms with E-state index in [-0.39, 0.29) is 5.60 Å². The number of rotatable bonds is 6. The summed E-state index contributed by atoms with van der Waals surface area (Å²) < 4.78 is 8.54. The lowest BCUT2D eigenvalue weighted by molar-refractivity contribution is -0.0406. The van der Waals surface area contributed by atoms with Crippen LogP contribution in [0.1, 0.15) is 50.8 Å². The topological polar surface area (TPSA) is 67.2 Å². The van der Waals surface area contributed by atoms with Crippen molar-refractivity contribution in [2.45, 2.75) is 59.3 Å². The number of ether oxygens (including phenoxy) is 1. The fourth-order valence-corrected chi connectivity index (χ4v) is 3.64. The Morgan fingerprint density at radius 1 is 1.33 bits per heavy atom. The highest BCUT2D eigenvalue weighted by Gasteiger charge is 2.30. The van der Waals surface area contributed by atoms with E-state index in [1.165, 1.54) is 0 Å². The molecule has 0 aliphatic carbocycles. The molecule has 6 heteroatoms. The Balaban J connectivity index is 2.34. The van der Waals surface area contributed by atoms with E-state index in [1.807, 2.05) is 18.4 Å². The van der Waals surface area contributed by atoms with E-state index in [2.05, 4.69) is 24.8 Å². The fraction of sp³-hybridized carbons (Fsp3) is 0.667. The van der Waals surface area contributed by atoms with Gasteiger partial charge in [0, 0.05) is 18.5 Å². The molecule has 0 radical (unpaired) electrons.